The van der Waals surface area contributed by atoms with E-state index >= 15 is 0 Å². The van der Waals surface area contributed by atoms with Crippen LogP contribution < -0.4 is 5.32 Å². The maximum absolute atomic E-state index is 11.4. The lowest BCUT2D eigenvalue weighted by Gasteiger charge is -2.19. The molecule has 1 rings (SSSR count). The molecular formula is C13H15Cl2N3O2. The van der Waals surface area contributed by atoms with E-state index < -0.39 is 11.7 Å². The Kier molecular flexibility index (Phi) is 6.05. The third-order valence-corrected chi connectivity index (χ3v) is 2.32. The normalized spacial score (nSPS) is 10.4. The molecule has 1 heterocycles. The van der Waals surface area contributed by atoms with Gasteiger partial charge in [-0.1, -0.05) is 35.0 Å². The van der Waals surface area contributed by atoms with Crippen LogP contribution in [0.25, 0.3) is 0 Å². The second kappa shape index (κ2) is 7.32. The number of ether oxygens (including phenoxy) is 1. The minimum absolute atomic E-state index is 0.196. The van der Waals surface area contributed by atoms with Gasteiger partial charge in [-0.2, -0.15) is 0 Å². The van der Waals surface area contributed by atoms with Gasteiger partial charge in [-0.15, -0.1) is 10.2 Å². The SMILES string of the molecule is CC(C)(C)OC(=O)NCCC#Cc1cc(Cl)nnc1Cl. The summed E-state index contributed by atoms with van der Waals surface area (Å²) in [6.07, 6.45) is -0.0128. The van der Waals surface area contributed by atoms with Crippen molar-refractivity contribution in [1.82, 2.24) is 15.5 Å². The van der Waals surface area contributed by atoms with E-state index in [1.807, 2.05) is 0 Å². The molecule has 1 aromatic rings. The van der Waals surface area contributed by atoms with E-state index in [0.717, 1.165) is 0 Å². The number of amides is 1. The third-order valence-electron chi connectivity index (χ3n) is 1.86. The molecule has 0 radical (unpaired) electrons. The first-order valence-corrected chi connectivity index (χ1v) is 6.68. The number of halogens is 2. The average molecular weight is 316 g/mol. The highest BCUT2D eigenvalue weighted by molar-refractivity contribution is 6.32. The fourth-order valence-corrected chi connectivity index (χ4v) is 1.43. The second-order valence-corrected chi connectivity index (χ2v) is 5.60. The summed E-state index contributed by atoms with van der Waals surface area (Å²) in [5, 5.41) is 10.2. The molecule has 0 spiro atoms. The molecule has 0 aliphatic rings. The highest BCUT2D eigenvalue weighted by atomic mass is 35.5. The van der Waals surface area contributed by atoms with Crippen molar-refractivity contribution in [2.24, 2.45) is 0 Å². The van der Waals surface area contributed by atoms with Crippen molar-refractivity contribution in [3.8, 4) is 11.8 Å². The molecule has 0 bridgehead atoms. The van der Waals surface area contributed by atoms with E-state index in [0.29, 0.717) is 18.5 Å². The predicted octanol–water partition coefficient (Wildman–Crippen LogP) is 3.05. The molecule has 1 N–H and O–H groups in total. The van der Waals surface area contributed by atoms with Crippen LogP contribution in [0, 0.1) is 11.8 Å². The minimum atomic E-state index is -0.511. The lowest BCUT2D eigenvalue weighted by Crippen LogP contribution is -2.32. The van der Waals surface area contributed by atoms with Crippen LogP contribution >= 0.6 is 23.2 Å². The van der Waals surface area contributed by atoms with Crippen molar-refractivity contribution in [2.45, 2.75) is 32.8 Å². The Morgan fingerprint density at radius 2 is 2.10 bits per heavy atom. The number of hydrogen-bond donors (Lipinski definition) is 1. The molecule has 1 amide bonds. The van der Waals surface area contributed by atoms with Gasteiger partial charge in [0.2, 0.25) is 0 Å². The van der Waals surface area contributed by atoms with Crippen LogP contribution in [0.1, 0.15) is 32.8 Å². The second-order valence-electron chi connectivity index (χ2n) is 4.85. The Hall–Kier alpha value is -1.51. The van der Waals surface area contributed by atoms with Crippen LogP contribution in [-0.2, 0) is 4.74 Å². The molecule has 0 atom stereocenters. The fraction of sp³-hybridized carbons (Fsp3) is 0.462. The van der Waals surface area contributed by atoms with E-state index in [9.17, 15) is 4.79 Å². The molecule has 7 heteroatoms. The number of nitrogens with zero attached hydrogens (tertiary/aromatic N) is 2. The van der Waals surface area contributed by atoms with Gasteiger partial charge < -0.3 is 10.1 Å². The molecule has 1 aromatic heterocycles. The highest BCUT2D eigenvalue weighted by Gasteiger charge is 2.15. The Morgan fingerprint density at radius 3 is 2.75 bits per heavy atom. The Morgan fingerprint density at radius 1 is 1.40 bits per heavy atom. The van der Waals surface area contributed by atoms with E-state index in [-0.39, 0.29) is 10.3 Å². The summed E-state index contributed by atoms with van der Waals surface area (Å²) < 4.78 is 5.08. The van der Waals surface area contributed by atoms with Gasteiger partial charge in [-0.3, -0.25) is 0 Å². The molecule has 0 aliphatic heterocycles. The summed E-state index contributed by atoms with van der Waals surface area (Å²) in [7, 11) is 0. The first-order chi connectivity index (χ1) is 9.28. The van der Waals surface area contributed by atoms with Crippen molar-refractivity contribution < 1.29 is 9.53 Å². The zero-order valence-electron chi connectivity index (χ0n) is 11.5. The number of nitrogens with one attached hydrogen (secondary N) is 1. The van der Waals surface area contributed by atoms with Gasteiger partial charge in [0.25, 0.3) is 0 Å². The number of carbonyl (C=O) groups is 1. The van der Waals surface area contributed by atoms with Gasteiger partial charge in [0.15, 0.2) is 10.3 Å². The van der Waals surface area contributed by atoms with Gasteiger partial charge in [-0.25, -0.2) is 4.79 Å². The molecular weight excluding hydrogens is 301 g/mol. The first-order valence-electron chi connectivity index (χ1n) is 5.92. The predicted molar refractivity (Wildman–Crippen MR) is 77.8 cm³/mol. The summed E-state index contributed by atoms with van der Waals surface area (Å²) in [6.45, 7) is 5.78. The van der Waals surface area contributed by atoms with Gasteiger partial charge in [-0.05, 0) is 26.8 Å². The van der Waals surface area contributed by atoms with Gasteiger partial charge in [0, 0.05) is 13.0 Å². The molecule has 0 aliphatic carbocycles. The quantitative estimate of drug-likeness (QED) is 0.673. The van der Waals surface area contributed by atoms with E-state index in [1.54, 1.807) is 20.8 Å². The van der Waals surface area contributed by atoms with Crippen molar-refractivity contribution >= 4 is 29.3 Å². The maximum atomic E-state index is 11.4. The Balaban J connectivity index is 2.40. The van der Waals surface area contributed by atoms with Crippen molar-refractivity contribution in [3.05, 3.63) is 21.9 Å². The standard InChI is InChI=1S/C13H15Cl2N3O2/c1-13(2,3)20-12(19)16-7-5-4-6-9-8-10(14)17-18-11(9)15/h8H,5,7H2,1-3H3,(H,16,19). The molecule has 0 saturated heterocycles. The smallest absolute Gasteiger partial charge is 0.407 e. The van der Waals surface area contributed by atoms with Gasteiger partial charge in [0.1, 0.15) is 5.60 Å². The summed E-state index contributed by atoms with van der Waals surface area (Å²) in [6, 6.07) is 1.53. The van der Waals surface area contributed by atoms with Crippen LogP contribution in [0.15, 0.2) is 6.07 Å². The molecule has 5 nitrogen and oxygen atoms in total. The first kappa shape index (κ1) is 16.5. The summed E-state index contributed by atoms with van der Waals surface area (Å²) in [4.78, 5) is 11.4. The monoisotopic (exact) mass is 315 g/mol. The minimum Gasteiger partial charge on any atom is -0.444 e. The van der Waals surface area contributed by atoms with Crippen LogP contribution in [0.2, 0.25) is 10.3 Å². The van der Waals surface area contributed by atoms with Crippen molar-refractivity contribution in [3.63, 3.8) is 0 Å². The molecule has 108 valence electrons. The van der Waals surface area contributed by atoms with Crippen LogP contribution in [0.5, 0.6) is 0 Å². The Labute approximate surface area is 128 Å². The van der Waals surface area contributed by atoms with Crippen LogP contribution in [-0.4, -0.2) is 28.4 Å². The van der Waals surface area contributed by atoms with Gasteiger partial charge >= 0.3 is 6.09 Å². The summed E-state index contributed by atoms with van der Waals surface area (Å²) in [5.74, 6) is 5.67. The maximum Gasteiger partial charge on any atom is 0.407 e. The number of carbonyl (C=O) groups excluding carboxylic acids is 1. The molecule has 0 unspecified atom stereocenters. The zero-order chi connectivity index (χ0) is 15.2. The largest absolute Gasteiger partial charge is 0.444 e. The summed E-state index contributed by atoms with van der Waals surface area (Å²) in [5.41, 5.74) is -0.00752. The lowest BCUT2D eigenvalue weighted by atomic mass is 10.2. The number of alkyl carbamates (subject to hydrolysis) is 1. The lowest BCUT2D eigenvalue weighted by molar-refractivity contribution is 0.0529. The average Bonchev–Trinajstić information content (AvgIpc) is 2.30. The number of hydrogen-bond acceptors (Lipinski definition) is 4. The molecule has 0 saturated carbocycles. The third kappa shape index (κ3) is 6.60. The van der Waals surface area contributed by atoms with Crippen molar-refractivity contribution in [2.75, 3.05) is 6.54 Å². The summed E-state index contributed by atoms with van der Waals surface area (Å²) >= 11 is 11.5. The Bertz CT molecular complexity index is 545. The van der Waals surface area contributed by atoms with Crippen LogP contribution in [0.3, 0.4) is 0 Å². The van der Waals surface area contributed by atoms with Crippen molar-refractivity contribution in [1.29, 1.82) is 0 Å². The topological polar surface area (TPSA) is 64.1 Å². The molecule has 20 heavy (non-hydrogen) atoms. The van der Waals surface area contributed by atoms with Crippen LogP contribution in [0.4, 0.5) is 4.79 Å². The van der Waals surface area contributed by atoms with Gasteiger partial charge in [0.05, 0.1) is 5.56 Å². The molecule has 0 fully saturated rings. The van der Waals surface area contributed by atoms with E-state index in [4.69, 9.17) is 27.9 Å². The number of rotatable bonds is 2. The highest BCUT2D eigenvalue weighted by Crippen LogP contribution is 2.13. The number of aromatic nitrogens is 2. The fourth-order valence-electron chi connectivity index (χ4n) is 1.14. The van der Waals surface area contributed by atoms with E-state index in [2.05, 4.69) is 27.4 Å². The van der Waals surface area contributed by atoms with E-state index in [1.165, 1.54) is 6.07 Å². The zero-order valence-corrected chi connectivity index (χ0v) is 13.0. The molecule has 0 aromatic carbocycles.